The molecule has 4 nitrogen and oxygen atoms in total. The minimum Gasteiger partial charge on any atom is -0.495 e. The van der Waals surface area contributed by atoms with E-state index in [0.29, 0.717) is 18.4 Å². The molecule has 0 N–H and O–H groups in total. The van der Waals surface area contributed by atoms with Crippen LogP contribution < -0.4 is 0 Å². The third kappa shape index (κ3) is 7.13. The number of ether oxygens (including phenoxy) is 4. The monoisotopic (exact) mass is 402 g/mol. The quantitative estimate of drug-likeness (QED) is 0.485. The molecule has 0 unspecified atom stereocenters. The van der Waals surface area contributed by atoms with Crippen molar-refractivity contribution in [2.75, 3.05) is 13.2 Å². The smallest absolute Gasteiger partial charge is 0.163 e. The highest BCUT2D eigenvalue weighted by Crippen LogP contribution is 2.33. The lowest BCUT2D eigenvalue weighted by Crippen LogP contribution is -2.47. The fourth-order valence-corrected chi connectivity index (χ4v) is 4.21. The standard InChI is InChI=1S/C25H38O4/c1-19(24-20(2)17-27-25(3,4)29-24)13-14-22-11-8-12-23(28-22)15-16-26-18-21-9-6-5-7-10-21/h5-7,9-11,19-20,23-24H,8,12-18H2,1-4H3/t19-,20-,23+,24+/m1/s1. The first-order valence-electron chi connectivity index (χ1n) is 11.2. The number of rotatable bonds is 9. The van der Waals surface area contributed by atoms with E-state index in [-0.39, 0.29) is 12.2 Å². The first kappa shape index (κ1) is 22.3. The summed E-state index contributed by atoms with van der Waals surface area (Å²) in [4.78, 5) is 0. The molecule has 2 heterocycles. The van der Waals surface area contributed by atoms with Gasteiger partial charge in [0.2, 0.25) is 0 Å². The van der Waals surface area contributed by atoms with Crippen LogP contribution in [0.1, 0.15) is 65.4 Å². The molecule has 2 aliphatic heterocycles. The summed E-state index contributed by atoms with van der Waals surface area (Å²) in [6.07, 6.45) is 7.99. The van der Waals surface area contributed by atoms with Crippen LogP contribution in [0, 0.1) is 11.8 Å². The molecule has 0 radical (unpaired) electrons. The van der Waals surface area contributed by atoms with E-state index in [0.717, 1.165) is 51.1 Å². The molecule has 29 heavy (non-hydrogen) atoms. The van der Waals surface area contributed by atoms with Gasteiger partial charge in [-0.15, -0.1) is 0 Å². The Labute approximate surface area is 176 Å². The molecule has 4 heteroatoms. The molecular weight excluding hydrogens is 364 g/mol. The van der Waals surface area contributed by atoms with Crippen molar-refractivity contribution >= 4 is 0 Å². The van der Waals surface area contributed by atoms with Gasteiger partial charge in [-0.25, -0.2) is 0 Å². The van der Waals surface area contributed by atoms with E-state index in [1.54, 1.807) is 0 Å². The third-order valence-electron chi connectivity index (χ3n) is 5.96. The maximum atomic E-state index is 6.26. The molecule has 1 aromatic rings. The molecular formula is C25H38O4. The Morgan fingerprint density at radius 3 is 2.79 bits per heavy atom. The molecule has 0 spiro atoms. The molecule has 162 valence electrons. The number of hydrogen-bond acceptors (Lipinski definition) is 4. The molecule has 3 rings (SSSR count). The lowest BCUT2D eigenvalue weighted by Gasteiger charge is -2.42. The van der Waals surface area contributed by atoms with Gasteiger partial charge in [0, 0.05) is 18.8 Å². The van der Waals surface area contributed by atoms with E-state index in [9.17, 15) is 0 Å². The second-order valence-corrected chi connectivity index (χ2v) is 9.10. The molecule has 1 aromatic carbocycles. The largest absolute Gasteiger partial charge is 0.495 e. The van der Waals surface area contributed by atoms with E-state index in [2.05, 4.69) is 32.1 Å². The van der Waals surface area contributed by atoms with Crippen molar-refractivity contribution in [3.8, 4) is 0 Å². The number of allylic oxidation sites excluding steroid dienone is 2. The van der Waals surface area contributed by atoms with Crippen molar-refractivity contribution in [3.63, 3.8) is 0 Å². The predicted octanol–water partition coefficient (Wildman–Crippen LogP) is 5.86. The highest BCUT2D eigenvalue weighted by Gasteiger charge is 2.37. The van der Waals surface area contributed by atoms with E-state index in [1.165, 1.54) is 5.56 Å². The summed E-state index contributed by atoms with van der Waals surface area (Å²) in [5, 5.41) is 0. The van der Waals surface area contributed by atoms with Crippen LogP contribution in [-0.2, 0) is 25.6 Å². The van der Waals surface area contributed by atoms with Gasteiger partial charge < -0.3 is 18.9 Å². The lowest BCUT2D eigenvalue weighted by molar-refractivity contribution is -0.299. The minimum atomic E-state index is -0.475. The molecule has 0 aliphatic carbocycles. The van der Waals surface area contributed by atoms with Gasteiger partial charge in [0.1, 0.15) is 6.10 Å². The third-order valence-corrected chi connectivity index (χ3v) is 5.96. The average Bonchev–Trinajstić information content (AvgIpc) is 2.72. The number of hydrogen-bond donors (Lipinski definition) is 0. The summed E-state index contributed by atoms with van der Waals surface area (Å²) in [5.41, 5.74) is 1.22. The van der Waals surface area contributed by atoms with Crippen LogP contribution in [-0.4, -0.2) is 31.2 Å². The Balaban J connectivity index is 1.36. The van der Waals surface area contributed by atoms with Crippen LogP contribution in [0.3, 0.4) is 0 Å². The summed E-state index contributed by atoms with van der Waals surface area (Å²) in [6.45, 7) is 10.7. The van der Waals surface area contributed by atoms with E-state index in [1.807, 2.05) is 32.0 Å². The van der Waals surface area contributed by atoms with Gasteiger partial charge >= 0.3 is 0 Å². The van der Waals surface area contributed by atoms with Gasteiger partial charge in [0.25, 0.3) is 0 Å². The van der Waals surface area contributed by atoms with Crippen molar-refractivity contribution in [1.29, 1.82) is 0 Å². The topological polar surface area (TPSA) is 36.9 Å². The van der Waals surface area contributed by atoms with Gasteiger partial charge in [0.05, 0.1) is 31.7 Å². The van der Waals surface area contributed by atoms with E-state index < -0.39 is 5.79 Å². The number of benzene rings is 1. The molecule has 0 aromatic heterocycles. The van der Waals surface area contributed by atoms with Crippen molar-refractivity contribution < 1.29 is 18.9 Å². The average molecular weight is 403 g/mol. The van der Waals surface area contributed by atoms with Gasteiger partial charge in [0.15, 0.2) is 5.79 Å². The summed E-state index contributed by atoms with van der Waals surface area (Å²) < 4.78 is 24.1. The van der Waals surface area contributed by atoms with Crippen molar-refractivity contribution in [3.05, 3.63) is 47.7 Å². The Morgan fingerprint density at radius 1 is 1.21 bits per heavy atom. The van der Waals surface area contributed by atoms with Crippen molar-refractivity contribution in [2.24, 2.45) is 11.8 Å². The summed E-state index contributed by atoms with van der Waals surface area (Å²) in [6, 6.07) is 10.3. The zero-order valence-electron chi connectivity index (χ0n) is 18.6. The van der Waals surface area contributed by atoms with Crippen molar-refractivity contribution in [2.45, 2.75) is 84.4 Å². The van der Waals surface area contributed by atoms with Gasteiger partial charge in [-0.2, -0.15) is 0 Å². The fourth-order valence-electron chi connectivity index (χ4n) is 4.21. The van der Waals surface area contributed by atoms with Crippen LogP contribution in [0.5, 0.6) is 0 Å². The first-order chi connectivity index (χ1) is 13.9. The first-order valence-corrected chi connectivity index (χ1v) is 11.2. The normalized spacial score (nSPS) is 27.7. The van der Waals surface area contributed by atoms with Gasteiger partial charge in [-0.05, 0) is 50.7 Å². The molecule has 1 fully saturated rings. The van der Waals surface area contributed by atoms with Gasteiger partial charge in [-0.1, -0.05) is 44.2 Å². The highest BCUT2D eigenvalue weighted by atomic mass is 16.7. The van der Waals surface area contributed by atoms with E-state index in [4.69, 9.17) is 18.9 Å². The lowest BCUT2D eigenvalue weighted by atomic mass is 9.88. The zero-order valence-corrected chi connectivity index (χ0v) is 18.6. The zero-order chi connectivity index (χ0) is 20.7. The molecule has 1 saturated heterocycles. The fraction of sp³-hybridized carbons (Fsp3) is 0.680. The second-order valence-electron chi connectivity index (χ2n) is 9.10. The Bertz CT molecular complexity index is 639. The Kier molecular flexibility index (Phi) is 8.16. The van der Waals surface area contributed by atoms with Crippen molar-refractivity contribution in [1.82, 2.24) is 0 Å². The van der Waals surface area contributed by atoms with E-state index >= 15 is 0 Å². The summed E-state index contributed by atoms with van der Waals surface area (Å²) >= 11 is 0. The minimum absolute atomic E-state index is 0.241. The van der Waals surface area contributed by atoms with Crippen LogP contribution in [0.4, 0.5) is 0 Å². The second kappa shape index (κ2) is 10.6. The Morgan fingerprint density at radius 2 is 2.00 bits per heavy atom. The maximum Gasteiger partial charge on any atom is 0.163 e. The van der Waals surface area contributed by atoms with Crippen LogP contribution in [0.15, 0.2) is 42.2 Å². The predicted molar refractivity (Wildman–Crippen MR) is 115 cm³/mol. The van der Waals surface area contributed by atoms with Crippen LogP contribution in [0.2, 0.25) is 0 Å². The van der Waals surface area contributed by atoms with Crippen LogP contribution in [0.25, 0.3) is 0 Å². The molecule has 4 atom stereocenters. The molecule has 0 amide bonds. The summed E-state index contributed by atoms with van der Waals surface area (Å²) in [5.74, 6) is 1.58. The SMILES string of the molecule is C[C@H](CCC1=CCC[C@@H](CCOCc2ccccc2)O1)[C@@H]1OC(C)(C)OC[C@H]1C. The Hall–Kier alpha value is -1.36. The molecule has 2 aliphatic rings. The summed E-state index contributed by atoms with van der Waals surface area (Å²) in [7, 11) is 0. The molecule has 0 saturated carbocycles. The van der Waals surface area contributed by atoms with Gasteiger partial charge in [-0.3, -0.25) is 0 Å². The molecule has 0 bridgehead atoms. The maximum absolute atomic E-state index is 6.26. The van der Waals surface area contributed by atoms with Crippen LogP contribution >= 0.6 is 0 Å². The highest BCUT2D eigenvalue weighted by molar-refractivity contribution is 5.13.